The lowest BCUT2D eigenvalue weighted by atomic mass is 10.1. The van der Waals surface area contributed by atoms with Crippen LogP contribution in [-0.2, 0) is 16.0 Å². The summed E-state index contributed by atoms with van der Waals surface area (Å²) in [6.07, 6.45) is 0.909. The quantitative estimate of drug-likeness (QED) is 0.839. The monoisotopic (exact) mass is 385 g/mol. The molecule has 3 rings (SSSR count). The molecule has 1 aromatic carbocycles. The van der Waals surface area contributed by atoms with Gasteiger partial charge in [-0.2, -0.15) is 0 Å². The van der Waals surface area contributed by atoms with E-state index in [0.717, 1.165) is 28.7 Å². The van der Waals surface area contributed by atoms with Crippen LogP contribution in [0.5, 0.6) is 0 Å². The highest BCUT2D eigenvalue weighted by molar-refractivity contribution is 8.00. The van der Waals surface area contributed by atoms with Gasteiger partial charge in [0.15, 0.2) is 6.04 Å². The number of aryl methyl sites for hydroxylation is 1. The van der Waals surface area contributed by atoms with E-state index in [4.69, 9.17) is 11.6 Å². The van der Waals surface area contributed by atoms with Crippen molar-refractivity contribution in [1.82, 2.24) is 5.32 Å². The first kappa shape index (κ1) is 17.3. The van der Waals surface area contributed by atoms with Crippen molar-refractivity contribution in [2.24, 2.45) is 0 Å². The molecule has 2 atom stereocenters. The third-order valence-corrected chi connectivity index (χ3v) is 6.27. The number of fused-ring (bicyclic) bond motifs is 1. The van der Waals surface area contributed by atoms with E-state index in [2.05, 4.69) is 5.32 Å². The van der Waals surface area contributed by atoms with Gasteiger partial charge in [0.1, 0.15) is 11.1 Å². The van der Waals surface area contributed by atoms with Gasteiger partial charge in [0.25, 0.3) is 0 Å². The zero-order chi connectivity index (χ0) is 17.3. The fraction of sp³-hybridized carbons (Fsp3) is 0.250. The van der Waals surface area contributed by atoms with E-state index >= 15 is 0 Å². The number of thioether (sulfide) groups is 1. The van der Waals surface area contributed by atoms with Crippen molar-refractivity contribution in [3.63, 3.8) is 0 Å². The number of carbonyl (C=O) groups excluding carboxylic acids is 1. The minimum Gasteiger partial charge on any atom is -0.479 e. The van der Waals surface area contributed by atoms with Gasteiger partial charge in [-0.15, -0.1) is 23.1 Å². The van der Waals surface area contributed by atoms with Crippen LogP contribution in [0.4, 0.5) is 4.39 Å². The zero-order valence-electron chi connectivity index (χ0n) is 12.3. The summed E-state index contributed by atoms with van der Waals surface area (Å²) < 4.78 is 13.6. The highest BCUT2D eigenvalue weighted by Gasteiger charge is 2.31. The first-order valence-electron chi connectivity index (χ1n) is 7.13. The third kappa shape index (κ3) is 3.43. The zero-order valence-corrected chi connectivity index (χ0v) is 14.7. The molecule has 1 amide bonds. The summed E-state index contributed by atoms with van der Waals surface area (Å²) in [4.78, 5) is 25.3. The molecule has 0 bridgehead atoms. The van der Waals surface area contributed by atoms with E-state index in [-0.39, 0.29) is 16.5 Å². The average Bonchev–Trinajstić information content (AvgIpc) is 3.03. The van der Waals surface area contributed by atoms with E-state index < -0.39 is 23.1 Å². The molecule has 0 saturated heterocycles. The SMILES string of the molecule is O=C(O)C(NC(=O)C1SCCc2sccc21)c1ccc(Cl)c(F)c1. The Morgan fingerprint density at radius 1 is 1.38 bits per heavy atom. The predicted molar refractivity (Wildman–Crippen MR) is 93.2 cm³/mol. The first-order chi connectivity index (χ1) is 11.5. The minimum absolute atomic E-state index is 0.0973. The molecule has 8 heteroatoms. The summed E-state index contributed by atoms with van der Waals surface area (Å²) >= 11 is 8.70. The lowest BCUT2D eigenvalue weighted by molar-refractivity contribution is -0.142. The van der Waals surface area contributed by atoms with Crippen LogP contribution < -0.4 is 5.32 Å². The van der Waals surface area contributed by atoms with Gasteiger partial charge in [0.05, 0.1) is 5.02 Å². The van der Waals surface area contributed by atoms with Crippen molar-refractivity contribution in [3.05, 3.63) is 56.5 Å². The minimum atomic E-state index is -1.33. The molecule has 126 valence electrons. The Morgan fingerprint density at radius 2 is 2.17 bits per heavy atom. The van der Waals surface area contributed by atoms with Crippen molar-refractivity contribution < 1.29 is 19.1 Å². The molecule has 24 heavy (non-hydrogen) atoms. The standard InChI is InChI=1S/C16H13ClFNO3S2/c17-10-2-1-8(7-11(10)18)13(16(21)22)19-15(20)14-9-3-5-23-12(9)4-6-24-14/h1-3,5,7,13-14H,4,6H2,(H,19,20)(H,21,22). The molecule has 2 aromatic rings. The van der Waals surface area contributed by atoms with Gasteiger partial charge in [-0.05, 0) is 46.9 Å². The summed E-state index contributed by atoms with van der Waals surface area (Å²) in [5.74, 6) is -1.56. The Hall–Kier alpha value is -1.57. The summed E-state index contributed by atoms with van der Waals surface area (Å²) in [6.45, 7) is 0. The second kappa shape index (κ2) is 7.13. The summed E-state index contributed by atoms with van der Waals surface area (Å²) in [7, 11) is 0. The fourth-order valence-electron chi connectivity index (χ4n) is 2.56. The Bertz CT molecular complexity index is 795. The third-order valence-electron chi connectivity index (χ3n) is 3.72. The van der Waals surface area contributed by atoms with Crippen molar-refractivity contribution in [1.29, 1.82) is 0 Å². The molecule has 0 fully saturated rings. The second-order valence-corrected chi connectivity index (χ2v) is 7.87. The van der Waals surface area contributed by atoms with Gasteiger partial charge in [0, 0.05) is 4.88 Å². The largest absolute Gasteiger partial charge is 0.479 e. The van der Waals surface area contributed by atoms with Crippen LogP contribution in [0.2, 0.25) is 5.02 Å². The molecular formula is C16H13ClFNO3S2. The number of aliphatic carboxylic acids is 1. The molecular weight excluding hydrogens is 373 g/mol. The molecule has 2 heterocycles. The number of carboxylic acids is 1. The molecule has 0 saturated carbocycles. The number of benzene rings is 1. The molecule has 2 unspecified atom stereocenters. The van der Waals surface area contributed by atoms with Gasteiger partial charge in [0.2, 0.25) is 5.91 Å². The number of halogens is 2. The van der Waals surface area contributed by atoms with Crippen LogP contribution in [-0.4, -0.2) is 22.7 Å². The lowest BCUT2D eigenvalue weighted by Gasteiger charge is -2.23. The van der Waals surface area contributed by atoms with Crippen molar-refractivity contribution in [3.8, 4) is 0 Å². The van der Waals surface area contributed by atoms with E-state index in [1.165, 1.54) is 23.9 Å². The normalized spacial score (nSPS) is 17.8. The first-order valence-corrected chi connectivity index (χ1v) is 9.44. The van der Waals surface area contributed by atoms with E-state index in [9.17, 15) is 19.1 Å². The van der Waals surface area contributed by atoms with Crippen LogP contribution in [0.3, 0.4) is 0 Å². The molecule has 1 aromatic heterocycles. The molecule has 0 radical (unpaired) electrons. The molecule has 0 aliphatic carbocycles. The Morgan fingerprint density at radius 3 is 2.88 bits per heavy atom. The van der Waals surface area contributed by atoms with Crippen LogP contribution >= 0.6 is 34.7 Å². The van der Waals surface area contributed by atoms with E-state index in [0.29, 0.717) is 0 Å². The summed E-state index contributed by atoms with van der Waals surface area (Å²) in [6, 6.07) is 4.28. The lowest BCUT2D eigenvalue weighted by Crippen LogP contribution is -2.37. The van der Waals surface area contributed by atoms with Gasteiger partial charge >= 0.3 is 5.97 Å². The van der Waals surface area contributed by atoms with Crippen molar-refractivity contribution in [2.75, 3.05) is 5.75 Å². The van der Waals surface area contributed by atoms with Crippen LogP contribution in [0.1, 0.15) is 27.3 Å². The highest BCUT2D eigenvalue weighted by atomic mass is 35.5. The number of amides is 1. The number of hydrogen-bond donors (Lipinski definition) is 2. The Labute approximate surface area is 151 Å². The highest BCUT2D eigenvalue weighted by Crippen LogP contribution is 2.39. The van der Waals surface area contributed by atoms with Crippen LogP contribution in [0.25, 0.3) is 0 Å². The van der Waals surface area contributed by atoms with Crippen LogP contribution in [0, 0.1) is 5.82 Å². The maximum absolute atomic E-state index is 13.6. The topological polar surface area (TPSA) is 66.4 Å². The number of thiophene rings is 1. The fourth-order valence-corrected chi connectivity index (χ4v) is 4.98. The number of rotatable bonds is 4. The van der Waals surface area contributed by atoms with Gasteiger partial charge in [-0.25, -0.2) is 9.18 Å². The second-order valence-electron chi connectivity index (χ2n) is 5.25. The molecule has 0 spiro atoms. The van der Waals surface area contributed by atoms with Crippen molar-refractivity contribution >= 4 is 46.6 Å². The number of carboxylic acid groups (broad SMARTS) is 1. The molecule has 1 aliphatic heterocycles. The predicted octanol–water partition coefficient (Wildman–Crippen LogP) is 3.81. The van der Waals surface area contributed by atoms with E-state index in [1.807, 2.05) is 11.4 Å². The molecule has 2 N–H and O–H groups in total. The maximum Gasteiger partial charge on any atom is 0.330 e. The number of nitrogens with one attached hydrogen (secondary N) is 1. The maximum atomic E-state index is 13.6. The summed E-state index contributed by atoms with van der Waals surface area (Å²) in [5, 5.41) is 13.3. The van der Waals surface area contributed by atoms with Gasteiger partial charge < -0.3 is 10.4 Å². The van der Waals surface area contributed by atoms with E-state index in [1.54, 1.807) is 11.3 Å². The van der Waals surface area contributed by atoms with Gasteiger partial charge in [-0.1, -0.05) is 17.7 Å². The Kier molecular flexibility index (Phi) is 5.12. The van der Waals surface area contributed by atoms with Crippen LogP contribution in [0.15, 0.2) is 29.6 Å². The molecule has 4 nitrogen and oxygen atoms in total. The smallest absolute Gasteiger partial charge is 0.330 e. The van der Waals surface area contributed by atoms with Gasteiger partial charge in [-0.3, -0.25) is 4.79 Å². The molecule has 1 aliphatic rings. The average molecular weight is 386 g/mol. The Balaban J connectivity index is 1.83. The number of carbonyl (C=O) groups is 2. The number of hydrogen-bond acceptors (Lipinski definition) is 4. The van der Waals surface area contributed by atoms with Crippen molar-refractivity contribution in [2.45, 2.75) is 17.7 Å². The summed E-state index contributed by atoms with van der Waals surface area (Å²) in [5.41, 5.74) is 1.07.